The van der Waals surface area contributed by atoms with Crippen molar-refractivity contribution in [3.63, 3.8) is 0 Å². The topological polar surface area (TPSA) is 51.4 Å². The van der Waals surface area contributed by atoms with Gasteiger partial charge >= 0.3 is 0 Å². The smallest absolute Gasteiger partial charge is 0.0749 e. The Morgan fingerprint density at radius 2 is 1.20 bits per heavy atom. The molecule has 0 saturated carbocycles. The van der Waals surface area contributed by atoms with Gasteiger partial charge in [0.15, 0.2) is 0 Å². The van der Waals surface area contributed by atoms with E-state index >= 15 is 0 Å². The van der Waals surface area contributed by atoms with Crippen LogP contribution in [0, 0.1) is 5.41 Å². The summed E-state index contributed by atoms with van der Waals surface area (Å²) < 4.78 is 9.88. The maximum Gasteiger partial charge on any atom is 0.0749 e. The molecule has 2 aliphatic rings. The van der Waals surface area contributed by atoms with Gasteiger partial charge in [0.05, 0.1) is 30.1 Å². The Morgan fingerprint density at radius 3 is 1.60 bits per heavy atom. The van der Waals surface area contributed by atoms with Crippen molar-refractivity contribution in [2.45, 2.75) is 125 Å². The van der Waals surface area contributed by atoms with Gasteiger partial charge < -0.3 is 14.5 Å². The first-order chi connectivity index (χ1) is 19.0. The standard InChI is InChI=1S/C16H29N3.C15H27N3O.C2H6/c1-5-6-14-11-17-19(12-14)15-7-9-18(10-8-15)13-16(2,3)4;1-5-13-10-16-18(11-13)14-6-8-17(9-7-14)12-15(2,3)19-4;1-2/h11-12,15H,5-10,13H2,1-4H3;10-11,14H,5-9,12H2,1-4H3;1-2H3. The van der Waals surface area contributed by atoms with Crippen LogP contribution in [0.1, 0.15) is 118 Å². The number of likely N-dealkylation sites (tertiary alicyclic amines) is 2. The van der Waals surface area contributed by atoms with Gasteiger partial charge in [-0.3, -0.25) is 9.36 Å². The third-order valence-corrected chi connectivity index (χ3v) is 7.97. The quantitative estimate of drug-likeness (QED) is 0.330. The summed E-state index contributed by atoms with van der Waals surface area (Å²) in [7, 11) is 1.79. The Balaban J connectivity index is 0.000000264. The van der Waals surface area contributed by atoms with Crippen LogP contribution >= 0.6 is 0 Å². The highest BCUT2D eigenvalue weighted by Crippen LogP contribution is 2.26. The molecule has 0 aliphatic carbocycles. The molecular formula is C33H62N6O. The third kappa shape index (κ3) is 11.7. The molecule has 2 saturated heterocycles. The van der Waals surface area contributed by atoms with Crippen LogP contribution in [0.5, 0.6) is 0 Å². The van der Waals surface area contributed by atoms with Crippen LogP contribution in [0.4, 0.5) is 0 Å². The summed E-state index contributed by atoms with van der Waals surface area (Å²) in [5, 5.41) is 9.06. The molecule has 230 valence electrons. The van der Waals surface area contributed by atoms with Crippen LogP contribution in [0.25, 0.3) is 0 Å². The largest absolute Gasteiger partial charge is 0.377 e. The van der Waals surface area contributed by atoms with Crippen LogP contribution < -0.4 is 0 Å². The lowest BCUT2D eigenvalue weighted by Crippen LogP contribution is -2.44. The zero-order valence-corrected chi connectivity index (χ0v) is 27.7. The summed E-state index contributed by atoms with van der Waals surface area (Å²) in [6.45, 7) is 26.6. The fourth-order valence-corrected chi connectivity index (χ4v) is 5.71. The Bertz CT molecular complexity index is 927. The lowest BCUT2D eigenvalue weighted by Gasteiger charge is -2.36. The molecule has 4 heterocycles. The van der Waals surface area contributed by atoms with E-state index in [1.54, 1.807) is 7.11 Å². The number of ether oxygens (including phenoxy) is 1. The van der Waals surface area contributed by atoms with Gasteiger partial charge in [0.2, 0.25) is 0 Å². The molecule has 0 aromatic carbocycles. The highest BCUT2D eigenvalue weighted by molar-refractivity contribution is 5.05. The molecular weight excluding hydrogens is 496 g/mol. The monoisotopic (exact) mass is 558 g/mol. The number of methoxy groups -OCH3 is 1. The van der Waals surface area contributed by atoms with Crippen LogP contribution in [0.15, 0.2) is 24.8 Å². The molecule has 7 heteroatoms. The van der Waals surface area contributed by atoms with E-state index in [0.717, 1.165) is 32.5 Å². The predicted octanol–water partition coefficient (Wildman–Crippen LogP) is 7.05. The Morgan fingerprint density at radius 1 is 0.750 bits per heavy atom. The summed E-state index contributed by atoms with van der Waals surface area (Å²) in [4.78, 5) is 5.11. The molecule has 2 aromatic heterocycles. The Hall–Kier alpha value is -1.70. The van der Waals surface area contributed by atoms with Crippen molar-refractivity contribution in [1.29, 1.82) is 0 Å². The van der Waals surface area contributed by atoms with Crippen LogP contribution in [-0.4, -0.2) is 81.3 Å². The number of hydrogen-bond acceptors (Lipinski definition) is 5. The molecule has 0 spiro atoms. The Kier molecular flexibility index (Phi) is 14.4. The lowest BCUT2D eigenvalue weighted by molar-refractivity contribution is -0.0144. The van der Waals surface area contributed by atoms with Gasteiger partial charge in [-0.1, -0.05) is 54.9 Å². The zero-order valence-electron chi connectivity index (χ0n) is 27.7. The first-order valence-corrected chi connectivity index (χ1v) is 16.1. The van der Waals surface area contributed by atoms with Crippen molar-refractivity contribution >= 4 is 0 Å². The van der Waals surface area contributed by atoms with Crippen LogP contribution in [-0.2, 0) is 17.6 Å². The summed E-state index contributed by atoms with van der Waals surface area (Å²) in [6, 6.07) is 1.18. The van der Waals surface area contributed by atoms with Gasteiger partial charge in [-0.2, -0.15) is 10.2 Å². The SMILES string of the molecule is CC.CCCc1cnn(C2CCN(CC(C)(C)C)CC2)c1.CCc1cnn(C2CCN(CC(C)(C)OC)CC2)c1. The first kappa shape index (κ1) is 34.5. The van der Waals surface area contributed by atoms with Gasteiger partial charge in [-0.15, -0.1) is 0 Å². The molecule has 0 bridgehead atoms. The number of hydrogen-bond donors (Lipinski definition) is 0. The van der Waals surface area contributed by atoms with Crippen LogP contribution in [0.2, 0.25) is 0 Å². The van der Waals surface area contributed by atoms with Gasteiger partial charge in [-0.25, -0.2) is 0 Å². The van der Waals surface area contributed by atoms with E-state index in [9.17, 15) is 0 Å². The number of nitrogens with zero attached hydrogens (tertiary/aromatic N) is 6. The van der Waals surface area contributed by atoms with E-state index in [0.29, 0.717) is 17.5 Å². The maximum absolute atomic E-state index is 5.51. The molecule has 2 aliphatic heterocycles. The molecule has 2 fully saturated rings. The van der Waals surface area contributed by atoms with Crippen molar-refractivity contribution in [3.8, 4) is 0 Å². The molecule has 0 atom stereocenters. The summed E-state index contributed by atoms with van der Waals surface area (Å²) >= 11 is 0. The highest BCUT2D eigenvalue weighted by atomic mass is 16.5. The summed E-state index contributed by atoms with van der Waals surface area (Å²) in [5.41, 5.74) is 3.09. The Labute approximate surface area is 246 Å². The van der Waals surface area contributed by atoms with Gasteiger partial charge in [-0.05, 0) is 68.9 Å². The van der Waals surface area contributed by atoms with E-state index in [4.69, 9.17) is 4.74 Å². The van der Waals surface area contributed by atoms with E-state index in [2.05, 4.69) is 90.2 Å². The van der Waals surface area contributed by atoms with Crippen molar-refractivity contribution in [2.75, 3.05) is 46.4 Å². The molecule has 0 radical (unpaired) electrons. The number of aromatic nitrogens is 4. The molecule has 0 unspecified atom stereocenters. The molecule has 40 heavy (non-hydrogen) atoms. The fraction of sp³-hybridized carbons (Fsp3) is 0.818. The van der Waals surface area contributed by atoms with Crippen molar-refractivity contribution < 1.29 is 4.74 Å². The number of aryl methyl sites for hydroxylation is 2. The van der Waals surface area contributed by atoms with E-state index in [1.165, 1.54) is 62.9 Å². The maximum atomic E-state index is 5.51. The summed E-state index contributed by atoms with van der Waals surface area (Å²) in [5.74, 6) is 0. The van der Waals surface area contributed by atoms with Crippen LogP contribution in [0.3, 0.4) is 0 Å². The fourth-order valence-electron chi connectivity index (χ4n) is 5.71. The number of piperidine rings is 2. The zero-order chi connectivity index (χ0) is 29.8. The minimum Gasteiger partial charge on any atom is -0.377 e. The number of rotatable bonds is 9. The highest BCUT2D eigenvalue weighted by Gasteiger charge is 2.27. The first-order valence-electron chi connectivity index (χ1n) is 16.1. The average Bonchev–Trinajstić information content (AvgIpc) is 3.60. The second kappa shape index (κ2) is 16.7. The van der Waals surface area contributed by atoms with Crippen molar-refractivity contribution in [2.24, 2.45) is 5.41 Å². The second-order valence-electron chi connectivity index (χ2n) is 13.3. The third-order valence-electron chi connectivity index (χ3n) is 7.97. The predicted molar refractivity (Wildman–Crippen MR) is 169 cm³/mol. The van der Waals surface area contributed by atoms with Crippen molar-refractivity contribution in [3.05, 3.63) is 35.9 Å². The normalized spacial score (nSPS) is 18.1. The molecule has 2 aromatic rings. The minimum absolute atomic E-state index is 0.0477. The van der Waals surface area contributed by atoms with E-state index in [-0.39, 0.29) is 5.60 Å². The van der Waals surface area contributed by atoms with Gasteiger partial charge in [0, 0.05) is 58.8 Å². The van der Waals surface area contributed by atoms with E-state index in [1.807, 2.05) is 26.2 Å². The van der Waals surface area contributed by atoms with Crippen molar-refractivity contribution in [1.82, 2.24) is 29.4 Å². The molecule has 0 amide bonds. The average molecular weight is 559 g/mol. The second-order valence-corrected chi connectivity index (χ2v) is 13.3. The summed E-state index contributed by atoms with van der Waals surface area (Å²) in [6.07, 6.45) is 16.8. The lowest BCUT2D eigenvalue weighted by atomic mass is 9.94. The molecule has 4 rings (SSSR count). The minimum atomic E-state index is -0.0477. The van der Waals surface area contributed by atoms with Gasteiger partial charge in [0.1, 0.15) is 0 Å². The molecule has 7 nitrogen and oxygen atoms in total. The van der Waals surface area contributed by atoms with E-state index < -0.39 is 0 Å². The molecule has 0 N–H and O–H groups in total. The van der Waals surface area contributed by atoms with Gasteiger partial charge in [0.25, 0.3) is 0 Å².